The lowest BCUT2D eigenvalue weighted by molar-refractivity contribution is 0.669. The molecular weight excluding hydrogens is 485 g/mol. The van der Waals surface area contributed by atoms with Crippen LogP contribution >= 0.6 is 34.5 Å². The zero-order valence-electron chi connectivity index (χ0n) is 17.4. The van der Waals surface area contributed by atoms with Gasteiger partial charge in [-0.25, -0.2) is 0 Å². The van der Waals surface area contributed by atoms with Crippen LogP contribution in [0.15, 0.2) is 83.3 Å². The second-order valence-electron chi connectivity index (χ2n) is 7.97. The molecule has 7 rings (SSSR count). The van der Waals surface area contributed by atoms with Crippen LogP contribution in [0.3, 0.4) is 0 Å². The number of hydrogen-bond acceptors (Lipinski definition) is 5. The van der Waals surface area contributed by atoms with Crippen molar-refractivity contribution < 1.29 is 4.42 Å². The van der Waals surface area contributed by atoms with Gasteiger partial charge in [-0.15, -0.1) is 11.3 Å². The van der Waals surface area contributed by atoms with Crippen molar-refractivity contribution in [1.29, 1.82) is 0 Å². The second kappa shape index (κ2) is 7.50. The average molecular weight is 498 g/mol. The van der Waals surface area contributed by atoms with E-state index in [0.717, 1.165) is 21.9 Å². The highest BCUT2D eigenvalue weighted by molar-refractivity contribution is 7.25. The molecule has 3 aromatic heterocycles. The zero-order valence-corrected chi connectivity index (χ0v) is 19.7. The Bertz CT molecular complexity index is 1890. The number of aromatic nitrogens is 3. The molecule has 0 amide bonds. The number of halogens is 2. The van der Waals surface area contributed by atoms with Crippen LogP contribution in [-0.4, -0.2) is 15.0 Å². The van der Waals surface area contributed by atoms with Gasteiger partial charge in [-0.2, -0.15) is 15.0 Å². The maximum atomic E-state index is 6.27. The quantitative estimate of drug-likeness (QED) is 0.239. The fraction of sp³-hybridized carbons (Fsp3) is 0. The minimum atomic E-state index is 0.0430. The zero-order chi connectivity index (χ0) is 22.8. The molecule has 0 unspecified atom stereocenters. The molecular formula is C27H13Cl2N3OS. The van der Waals surface area contributed by atoms with Crippen LogP contribution in [0.5, 0.6) is 0 Å². The minimum absolute atomic E-state index is 0.0430. The molecule has 7 heteroatoms. The first-order valence-corrected chi connectivity index (χ1v) is 12.2. The first-order chi connectivity index (χ1) is 16.7. The molecule has 0 aliphatic rings. The summed E-state index contributed by atoms with van der Waals surface area (Å²) in [5.41, 5.74) is 4.54. The maximum Gasteiger partial charge on any atom is 0.227 e. The molecule has 0 N–H and O–H groups in total. The van der Waals surface area contributed by atoms with Gasteiger partial charge in [-0.3, -0.25) is 0 Å². The Kier molecular flexibility index (Phi) is 4.39. The Morgan fingerprint density at radius 3 is 2.26 bits per heavy atom. The van der Waals surface area contributed by atoms with Gasteiger partial charge < -0.3 is 4.42 Å². The molecule has 34 heavy (non-hydrogen) atoms. The van der Waals surface area contributed by atoms with Crippen molar-refractivity contribution in [2.24, 2.45) is 0 Å². The molecule has 0 aliphatic heterocycles. The highest BCUT2D eigenvalue weighted by Gasteiger charge is 2.17. The summed E-state index contributed by atoms with van der Waals surface area (Å²) in [4.78, 5) is 12.3. The Hall–Kier alpha value is -3.51. The van der Waals surface area contributed by atoms with E-state index in [4.69, 9.17) is 27.6 Å². The number of nitrogens with zero attached hydrogens (tertiary/aromatic N) is 3. The molecule has 162 valence electrons. The lowest BCUT2D eigenvalue weighted by Gasteiger charge is -2.05. The first-order valence-electron chi connectivity index (χ1n) is 10.6. The Labute approximate surface area is 207 Å². The van der Waals surface area contributed by atoms with E-state index >= 15 is 0 Å². The molecule has 4 aromatic carbocycles. The van der Waals surface area contributed by atoms with E-state index in [9.17, 15) is 0 Å². The van der Waals surface area contributed by atoms with Crippen molar-refractivity contribution in [3.05, 3.63) is 89.4 Å². The molecule has 0 aliphatic carbocycles. The van der Waals surface area contributed by atoms with Crippen molar-refractivity contribution >= 4 is 76.6 Å². The fourth-order valence-electron chi connectivity index (χ4n) is 4.60. The van der Waals surface area contributed by atoms with Crippen LogP contribution in [0.2, 0.25) is 10.6 Å². The van der Waals surface area contributed by atoms with Crippen molar-refractivity contribution in [2.45, 2.75) is 0 Å². The van der Waals surface area contributed by atoms with Crippen molar-refractivity contribution in [1.82, 2.24) is 15.0 Å². The summed E-state index contributed by atoms with van der Waals surface area (Å²) in [6.07, 6.45) is 0. The molecule has 0 atom stereocenters. The summed E-state index contributed by atoms with van der Waals surface area (Å²) in [5, 5.41) is 4.65. The summed E-state index contributed by atoms with van der Waals surface area (Å²) in [7, 11) is 0. The van der Waals surface area contributed by atoms with Gasteiger partial charge >= 0.3 is 0 Å². The third-order valence-corrected chi connectivity index (χ3v) is 7.51. The largest absolute Gasteiger partial charge is 0.455 e. The Morgan fingerprint density at radius 1 is 0.647 bits per heavy atom. The topological polar surface area (TPSA) is 51.8 Å². The van der Waals surface area contributed by atoms with Crippen molar-refractivity contribution in [3.63, 3.8) is 0 Å². The number of rotatable bonds is 2. The van der Waals surface area contributed by atoms with Gasteiger partial charge in [-0.1, -0.05) is 48.5 Å². The standard InChI is InChI=1S/C27H13Cl2N3OS/c28-26-30-25(31-27(29)32-26)18-8-3-7-16-19-13-14(11-12-20(19)33-24(16)18)15-6-4-10-22-23(15)17-5-1-2-9-21(17)34-22/h1-13H. The normalized spacial score (nSPS) is 11.8. The number of furan rings is 1. The van der Waals surface area contributed by atoms with Crippen molar-refractivity contribution in [3.8, 4) is 22.5 Å². The summed E-state index contributed by atoms with van der Waals surface area (Å²) in [6.45, 7) is 0. The Morgan fingerprint density at radius 2 is 1.38 bits per heavy atom. The van der Waals surface area contributed by atoms with E-state index < -0.39 is 0 Å². The molecule has 3 heterocycles. The molecule has 4 nitrogen and oxygen atoms in total. The van der Waals surface area contributed by atoms with Gasteiger partial charge in [0.1, 0.15) is 11.2 Å². The molecule has 0 saturated heterocycles. The number of thiophene rings is 1. The predicted octanol–water partition coefficient (Wildman–Crippen LogP) is 8.78. The fourth-order valence-corrected chi connectivity index (χ4v) is 6.10. The molecule has 7 aromatic rings. The highest BCUT2D eigenvalue weighted by Crippen LogP contribution is 2.42. The first kappa shape index (κ1) is 19.9. The van der Waals surface area contributed by atoms with Crippen LogP contribution in [0.25, 0.3) is 64.6 Å². The molecule has 0 saturated carbocycles. The second-order valence-corrected chi connectivity index (χ2v) is 9.73. The SMILES string of the molecule is Clc1nc(Cl)nc(-c2cccc3c2oc2ccc(-c4cccc5sc6ccccc6c45)cc23)n1. The number of hydrogen-bond donors (Lipinski definition) is 0. The van der Waals surface area contributed by atoms with Crippen LogP contribution in [0, 0.1) is 0 Å². The smallest absolute Gasteiger partial charge is 0.227 e. The van der Waals surface area contributed by atoms with Crippen LogP contribution in [0.4, 0.5) is 0 Å². The highest BCUT2D eigenvalue weighted by atomic mass is 35.5. The average Bonchev–Trinajstić information content (AvgIpc) is 3.41. The predicted molar refractivity (Wildman–Crippen MR) is 141 cm³/mol. The maximum absolute atomic E-state index is 6.27. The van der Waals surface area contributed by atoms with E-state index in [1.807, 2.05) is 35.6 Å². The molecule has 0 bridgehead atoms. The number of benzene rings is 4. The van der Waals surface area contributed by atoms with Gasteiger partial charge in [0.25, 0.3) is 0 Å². The third-order valence-electron chi connectivity index (χ3n) is 6.03. The third kappa shape index (κ3) is 3.02. The number of fused-ring (bicyclic) bond motifs is 6. The molecule has 0 fully saturated rings. The van der Waals surface area contributed by atoms with E-state index in [1.54, 1.807) is 0 Å². The van der Waals surface area contributed by atoms with E-state index in [2.05, 4.69) is 69.5 Å². The summed E-state index contributed by atoms with van der Waals surface area (Å²) in [5.74, 6) is 0.379. The van der Waals surface area contributed by atoms with Crippen LogP contribution in [0.1, 0.15) is 0 Å². The van der Waals surface area contributed by atoms with Gasteiger partial charge in [0, 0.05) is 30.9 Å². The van der Waals surface area contributed by atoms with E-state index in [1.165, 1.54) is 25.7 Å². The van der Waals surface area contributed by atoms with E-state index in [-0.39, 0.29) is 10.6 Å². The lowest BCUT2D eigenvalue weighted by atomic mass is 9.98. The van der Waals surface area contributed by atoms with Gasteiger partial charge in [0.15, 0.2) is 5.82 Å². The van der Waals surface area contributed by atoms with Crippen LogP contribution in [-0.2, 0) is 0 Å². The van der Waals surface area contributed by atoms with Gasteiger partial charge in [0.2, 0.25) is 10.6 Å². The summed E-state index contributed by atoms with van der Waals surface area (Å²) in [6, 6.07) is 27.3. The minimum Gasteiger partial charge on any atom is -0.455 e. The number of para-hydroxylation sites is 1. The van der Waals surface area contributed by atoms with Crippen molar-refractivity contribution in [2.75, 3.05) is 0 Å². The summed E-state index contributed by atoms with van der Waals surface area (Å²) < 4.78 is 8.84. The lowest BCUT2D eigenvalue weighted by Crippen LogP contribution is -1.93. The van der Waals surface area contributed by atoms with Crippen LogP contribution < -0.4 is 0 Å². The van der Waals surface area contributed by atoms with Gasteiger partial charge in [-0.05, 0) is 64.7 Å². The molecule has 0 radical (unpaired) electrons. The Balaban J connectivity index is 1.48. The summed E-state index contributed by atoms with van der Waals surface area (Å²) >= 11 is 13.9. The van der Waals surface area contributed by atoms with Gasteiger partial charge in [0.05, 0.1) is 5.56 Å². The molecule has 0 spiro atoms. The monoisotopic (exact) mass is 497 g/mol. The van der Waals surface area contributed by atoms with E-state index in [0.29, 0.717) is 17.0 Å².